The maximum atomic E-state index is 9.87. The molecule has 60 valence electrons. The standard InChI is InChI=1S/C8H11NO2/c9-8(7-11)5-3-1-2-4-6-10/h4H,1-3,5,9H2. The second kappa shape index (κ2) is 6.81. The first-order valence-corrected chi connectivity index (χ1v) is 3.50. The monoisotopic (exact) mass is 153 g/mol. The molecular weight excluding hydrogens is 142 g/mol. The summed E-state index contributed by atoms with van der Waals surface area (Å²) in [6.07, 6.45) is 4.38. The summed E-state index contributed by atoms with van der Waals surface area (Å²) in [5.74, 6) is 3.29. The van der Waals surface area contributed by atoms with Gasteiger partial charge in [0.25, 0.3) is 0 Å². The Hall–Kier alpha value is -1.30. The average molecular weight is 153 g/mol. The van der Waals surface area contributed by atoms with Crippen LogP contribution in [0.15, 0.2) is 11.8 Å². The molecule has 11 heavy (non-hydrogen) atoms. The Morgan fingerprint density at radius 1 is 1.36 bits per heavy atom. The first-order valence-electron chi connectivity index (χ1n) is 3.50. The van der Waals surface area contributed by atoms with Crippen molar-refractivity contribution in [3.63, 3.8) is 0 Å². The van der Waals surface area contributed by atoms with Crippen LogP contribution in [0.2, 0.25) is 0 Å². The molecule has 0 heterocycles. The highest BCUT2D eigenvalue weighted by molar-refractivity contribution is 5.50. The first-order chi connectivity index (χ1) is 5.31. The van der Waals surface area contributed by atoms with Gasteiger partial charge >= 0.3 is 0 Å². The molecule has 0 bridgehead atoms. The van der Waals surface area contributed by atoms with E-state index in [2.05, 4.69) is 0 Å². The lowest BCUT2D eigenvalue weighted by Crippen LogP contribution is -1.96. The van der Waals surface area contributed by atoms with E-state index in [9.17, 15) is 9.59 Å². The van der Waals surface area contributed by atoms with E-state index >= 15 is 0 Å². The fraction of sp³-hybridized carbons (Fsp3) is 0.500. The lowest BCUT2D eigenvalue weighted by Gasteiger charge is -1.93. The van der Waals surface area contributed by atoms with Gasteiger partial charge in [0.1, 0.15) is 11.9 Å². The SMILES string of the molecule is NC(=C=O)CCCCC=C=O. The van der Waals surface area contributed by atoms with Crippen LogP contribution in [0.3, 0.4) is 0 Å². The normalized spacial score (nSPS) is 8.00. The quantitative estimate of drug-likeness (QED) is 0.465. The van der Waals surface area contributed by atoms with Crippen LogP contribution in [-0.2, 0) is 9.59 Å². The summed E-state index contributed by atoms with van der Waals surface area (Å²) in [6, 6.07) is 0. The van der Waals surface area contributed by atoms with Crippen molar-refractivity contribution in [3.05, 3.63) is 11.8 Å². The van der Waals surface area contributed by atoms with Crippen molar-refractivity contribution < 1.29 is 9.59 Å². The van der Waals surface area contributed by atoms with Crippen molar-refractivity contribution in [1.29, 1.82) is 0 Å². The molecule has 0 amide bonds. The molecule has 0 aromatic heterocycles. The van der Waals surface area contributed by atoms with Crippen LogP contribution in [0.25, 0.3) is 0 Å². The molecule has 0 atom stereocenters. The van der Waals surface area contributed by atoms with Crippen molar-refractivity contribution in [2.24, 2.45) is 5.73 Å². The molecule has 0 aromatic carbocycles. The van der Waals surface area contributed by atoms with Crippen LogP contribution < -0.4 is 5.73 Å². The molecule has 3 nitrogen and oxygen atoms in total. The van der Waals surface area contributed by atoms with Crippen LogP contribution in [0.4, 0.5) is 0 Å². The Morgan fingerprint density at radius 2 is 2.09 bits per heavy atom. The predicted octanol–water partition coefficient (Wildman–Crippen LogP) is 0.609. The first kappa shape index (κ1) is 9.70. The molecule has 0 radical (unpaired) electrons. The smallest absolute Gasteiger partial charge is 0.145 e. The second-order valence-electron chi connectivity index (χ2n) is 2.20. The number of nitrogens with two attached hydrogens (primary N) is 1. The van der Waals surface area contributed by atoms with E-state index in [0.29, 0.717) is 12.8 Å². The fourth-order valence-electron chi connectivity index (χ4n) is 0.672. The van der Waals surface area contributed by atoms with Crippen molar-refractivity contribution >= 4 is 11.9 Å². The molecular formula is C8H11NO2. The number of unbranched alkanes of at least 4 members (excludes halogenated alkanes) is 2. The molecule has 2 N–H and O–H groups in total. The van der Waals surface area contributed by atoms with Gasteiger partial charge in [-0.2, -0.15) is 0 Å². The van der Waals surface area contributed by atoms with Crippen molar-refractivity contribution in [2.45, 2.75) is 25.7 Å². The van der Waals surface area contributed by atoms with Gasteiger partial charge in [-0.3, -0.25) is 0 Å². The van der Waals surface area contributed by atoms with Gasteiger partial charge in [0.05, 0.1) is 5.70 Å². The number of rotatable bonds is 5. The van der Waals surface area contributed by atoms with Gasteiger partial charge in [0, 0.05) is 0 Å². The lowest BCUT2D eigenvalue weighted by molar-refractivity contribution is 0.564. The summed E-state index contributed by atoms with van der Waals surface area (Å²) in [4.78, 5) is 19.6. The minimum absolute atomic E-state index is 0.250. The average Bonchev–Trinajstić information content (AvgIpc) is 2.04. The summed E-state index contributed by atoms with van der Waals surface area (Å²) in [7, 11) is 0. The Kier molecular flexibility index (Phi) is 6.01. The molecule has 0 aliphatic rings. The summed E-state index contributed by atoms with van der Waals surface area (Å²) in [6.45, 7) is 0. The molecule has 0 rings (SSSR count). The molecule has 0 spiro atoms. The van der Waals surface area contributed by atoms with Crippen molar-refractivity contribution in [3.8, 4) is 0 Å². The van der Waals surface area contributed by atoms with Crippen LogP contribution in [-0.4, -0.2) is 11.9 Å². The third-order valence-electron chi connectivity index (χ3n) is 1.26. The molecule has 0 unspecified atom stereocenters. The van der Waals surface area contributed by atoms with Gasteiger partial charge < -0.3 is 5.73 Å². The largest absolute Gasteiger partial charge is 0.393 e. The van der Waals surface area contributed by atoms with E-state index in [1.807, 2.05) is 0 Å². The molecule has 0 saturated heterocycles. The predicted molar refractivity (Wildman–Crippen MR) is 42.1 cm³/mol. The zero-order valence-corrected chi connectivity index (χ0v) is 6.30. The van der Waals surface area contributed by atoms with Gasteiger partial charge in [-0.05, 0) is 31.8 Å². The zero-order chi connectivity index (χ0) is 8.53. The molecule has 0 saturated carbocycles. The van der Waals surface area contributed by atoms with Crippen LogP contribution in [0.5, 0.6) is 0 Å². The second-order valence-corrected chi connectivity index (χ2v) is 2.20. The van der Waals surface area contributed by atoms with E-state index in [4.69, 9.17) is 5.73 Å². The number of hydrogen-bond acceptors (Lipinski definition) is 3. The maximum Gasteiger partial charge on any atom is 0.145 e. The van der Waals surface area contributed by atoms with Crippen LogP contribution >= 0.6 is 0 Å². The van der Waals surface area contributed by atoms with E-state index < -0.39 is 0 Å². The summed E-state index contributed by atoms with van der Waals surface area (Å²) in [5.41, 5.74) is 5.44. The van der Waals surface area contributed by atoms with Crippen LogP contribution in [0, 0.1) is 0 Å². The summed E-state index contributed by atoms with van der Waals surface area (Å²) in [5, 5.41) is 0. The van der Waals surface area contributed by atoms with Gasteiger partial charge in [0.15, 0.2) is 0 Å². The Balaban J connectivity index is 3.28. The Morgan fingerprint density at radius 3 is 2.64 bits per heavy atom. The summed E-state index contributed by atoms with van der Waals surface area (Å²) < 4.78 is 0. The molecule has 0 aliphatic heterocycles. The number of hydrogen-bond donors (Lipinski definition) is 1. The summed E-state index contributed by atoms with van der Waals surface area (Å²) >= 11 is 0. The zero-order valence-electron chi connectivity index (χ0n) is 6.30. The van der Waals surface area contributed by atoms with E-state index in [1.54, 1.807) is 11.9 Å². The number of allylic oxidation sites excluding steroid dienone is 2. The minimum Gasteiger partial charge on any atom is -0.393 e. The Labute approximate surface area is 65.6 Å². The van der Waals surface area contributed by atoms with Gasteiger partial charge in [0.2, 0.25) is 0 Å². The third kappa shape index (κ3) is 6.59. The van der Waals surface area contributed by atoms with Crippen molar-refractivity contribution in [2.75, 3.05) is 0 Å². The fourth-order valence-corrected chi connectivity index (χ4v) is 0.672. The topological polar surface area (TPSA) is 60.2 Å². The highest BCUT2D eigenvalue weighted by Crippen LogP contribution is 2.01. The van der Waals surface area contributed by atoms with Crippen molar-refractivity contribution in [1.82, 2.24) is 0 Å². The van der Waals surface area contributed by atoms with Crippen LogP contribution in [0.1, 0.15) is 25.7 Å². The van der Waals surface area contributed by atoms with E-state index in [1.165, 1.54) is 6.08 Å². The highest BCUT2D eigenvalue weighted by atomic mass is 16.1. The number of carbonyl (C=O) groups excluding carboxylic acids is 2. The van der Waals surface area contributed by atoms with Gasteiger partial charge in [-0.15, -0.1) is 0 Å². The third-order valence-corrected chi connectivity index (χ3v) is 1.26. The molecule has 3 heteroatoms. The maximum absolute atomic E-state index is 9.87. The molecule has 0 aliphatic carbocycles. The lowest BCUT2D eigenvalue weighted by atomic mass is 10.2. The molecule has 0 aromatic rings. The molecule has 0 fully saturated rings. The highest BCUT2D eigenvalue weighted by Gasteiger charge is 1.90. The Bertz CT molecular complexity index is 198. The van der Waals surface area contributed by atoms with Gasteiger partial charge in [-0.1, -0.05) is 0 Å². The van der Waals surface area contributed by atoms with Gasteiger partial charge in [-0.25, -0.2) is 9.59 Å². The van der Waals surface area contributed by atoms with E-state index in [-0.39, 0.29) is 5.70 Å². The minimum atomic E-state index is 0.250. The van der Waals surface area contributed by atoms with E-state index in [0.717, 1.165) is 12.8 Å².